The first-order valence-corrected chi connectivity index (χ1v) is 5.89. The molecule has 11 heavy (non-hydrogen) atoms. The fraction of sp³-hybridized carbons (Fsp3) is 1.00. The average Bonchev–Trinajstić information content (AvgIpc) is 1.99. The number of hydrogen-bond donors (Lipinski definition) is 1. The van der Waals surface area contributed by atoms with E-state index in [-0.39, 0.29) is 0 Å². The molecule has 64 valence electrons. The van der Waals surface area contributed by atoms with Crippen LogP contribution in [-0.4, -0.2) is 24.6 Å². The van der Waals surface area contributed by atoms with Crippen molar-refractivity contribution in [1.82, 2.24) is 5.32 Å². The van der Waals surface area contributed by atoms with E-state index in [2.05, 4.69) is 17.1 Å². The summed E-state index contributed by atoms with van der Waals surface area (Å²) in [5, 5.41) is 3.42. The van der Waals surface area contributed by atoms with Gasteiger partial charge in [-0.05, 0) is 55.7 Å². The van der Waals surface area contributed by atoms with Crippen LogP contribution in [0, 0.1) is 11.8 Å². The van der Waals surface area contributed by atoms with E-state index in [0.717, 1.165) is 11.8 Å². The lowest BCUT2D eigenvalue weighted by atomic mass is 9.89. The maximum atomic E-state index is 3.42. The van der Waals surface area contributed by atoms with Crippen molar-refractivity contribution in [3.8, 4) is 0 Å². The lowest BCUT2D eigenvalue weighted by Gasteiger charge is -2.31. The third kappa shape index (κ3) is 2.12. The highest BCUT2D eigenvalue weighted by molar-refractivity contribution is 8.00. The molecule has 0 aromatic rings. The number of piperidine rings is 1. The van der Waals surface area contributed by atoms with Gasteiger partial charge in [0, 0.05) is 0 Å². The summed E-state index contributed by atoms with van der Waals surface area (Å²) in [6.07, 6.45) is 4.39. The molecule has 2 aliphatic rings. The Morgan fingerprint density at radius 1 is 1.09 bits per heavy atom. The molecule has 2 rings (SSSR count). The van der Waals surface area contributed by atoms with Crippen LogP contribution < -0.4 is 5.32 Å². The largest absolute Gasteiger partial charge is 0.317 e. The summed E-state index contributed by atoms with van der Waals surface area (Å²) in [5.41, 5.74) is 0. The van der Waals surface area contributed by atoms with Crippen LogP contribution in [0.2, 0.25) is 0 Å². The Labute approximate surface area is 73.3 Å². The van der Waals surface area contributed by atoms with Gasteiger partial charge in [0.05, 0.1) is 0 Å². The molecule has 2 fully saturated rings. The Kier molecular flexibility index (Phi) is 2.75. The minimum absolute atomic E-state index is 1.06. The zero-order valence-corrected chi connectivity index (χ0v) is 7.83. The third-order valence-corrected chi connectivity index (χ3v) is 4.25. The second-order valence-electron chi connectivity index (χ2n) is 3.83. The summed E-state index contributed by atoms with van der Waals surface area (Å²) < 4.78 is 0. The molecule has 0 aromatic heterocycles. The van der Waals surface area contributed by atoms with Crippen molar-refractivity contribution >= 4 is 11.8 Å². The highest BCUT2D eigenvalue weighted by Crippen LogP contribution is 2.32. The van der Waals surface area contributed by atoms with Crippen molar-refractivity contribution in [2.75, 3.05) is 24.6 Å². The Balaban J connectivity index is 1.67. The summed E-state index contributed by atoms with van der Waals surface area (Å²) >= 11 is 2.12. The van der Waals surface area contributed by atoms with Crippen LogP contribution >= 0.6 is 11.8 Å². The molecule has 0 radical (unpaired) electrons. The van der Waals surface area contributed by atoms with Crippen molar-refractivity contribution in [3.05, 3.63) is 0 Å². The molecule has 1 N–H and O–H groups in total. The van der Waals surface area contributed by atoms with Crippen molar-refractivity contribution in [2.45, 2.75) is 19.3 Å². The molecular formula is C9H17NS. The molecule has 0 amide bonds. The Morgan fingerprint density at radius 2 is 1.82 bits per heavy atom. The molecule has 0 bridgehead atoms. The smallest absolute Gasteiger partial charge is 0.00310 e. The van der Waals surface area contributed by atoms with Gasteiger partial charge in [0.25, 0.3) is 0 Å². The maximum Gasteiger partial charge on any atom is -0.00310 e. The first-order valence-electron chi connectivity index (χ1n) is 4.73. The van der Waals surface area contributed by atoms with E-state index in [9.17, 15) is 0 Å². The Bertz CT molecular complexity index is 117. The van der Waals surface area contributed by atoms with E-state index in [1.54, 1.807) is 0 Å². The van der Waals surface area contributed by atoms with Crippen molar-refractivity contribution < 1.29 is 0 Å². The van der Waals surface area contributed by atoms with Gasteiger partial charge in [-0.1, -0.05) is 0 Å². The third-order valence-electron chi connectivity index (χ3n) is 2.83. The molecule has 2 heterocycles. The molecule has 0 aliphatic carbocycles. The highest BCUT2D eigenvalue weighted by atomic mass is 32.2. The number of hydrogen-bond acceptors (Lipinski definition) is 2. The number of thioether (sulfide) groups is 1. The van der Waals surface area contributed by atoms with Gasteiger partial charge in [-0.2, -0.15) is 11.8 Å². The predicted molar refractivity (Wildman–Crippen MR) is 51.0 cm³/mol. The van der Waals surface area contributed by atoms with E-state index in [4.69, 9.17) is 0 Å². The van der Waals surface area contributed by atoms with Crippen molar-refractivity contribution in [2.24, 2.45) is 11.8 Å². The van der Waals surface area contributed by atoms with Gasteiger partial charge in [-0.25, -0.2) is 0 Å². The van der Waals surface area contributed by atoms with Gasteiger partial charge in [0.1, 0.15) is 0 Å². The first kappa shape index (κ1) is 7.93. The van der Waals surface area contributed by atoms with Crippen LogP contribution in [-0.2, 0) is 0 Å². The first-order chi connectivity index (χ1) is 5.45. The summed E-state index contributed by atoms with van der Waals surface area (Å²) in [6.45, 7) is 2.54. The fourth-order valence-corrected chi connectivity index (χ4v) is 2.85. The van der Waals surface area contributed by atoms with Gasteiger partial charge < -0.3 is 5.32 Å². The molecule has 2 heteroatoms. The molecule has 0 unspecified atom stereocenters. The highest BCUT2D eigenvalue weighted by Gasteiger charge is 2.23. The molecule has 2 aliphatic heterocycles. The van der Waals surface area contributed by atoms with E-state index >= 15 is 0 Å². The zero-order valence-electron chi connectivity index (χ0n) is 7.01. The second-order valence-corrected chi connectivity index (χ2v) is 4.91. The monoisotopic (exact) mass is 171 g/mol. The van der Waals surface area contributed by atoms with E-state index in [1.807, 2.05) is 0 Å². The molecule has 1 nitrogen and oxygen atoms in total. The average molecular weight is 171 g/mol. The quantitative estimate of drug-likeness (QED) is 0.679. The summed E-state index contributed by atoms with van der Waals surface area (Å²) in [7, 11) is 0. The summed E-state index contributed by atoms with van der Waals surface area (Å²) in [6, 6.07) is 0. The number of nitrogens with one attached hydrogen (secondary N) is 1. The van der Waals surface area contributed by atoms with Gasteiger partial charge >= 0.3 is 0 Å². The van der Waals surface area contributed by atoms with E-state index < -0.39 is 0 Å². The van der Waals surface area contributed by atoms with Crippen LogP contribution in [0.4, 0.5) is 0 Å². The fourth-order valence-electron chi connectivity index (χ4n) is 2.01. The van der Waals surface area contributed by atoms with Gasteiger partial charge in [-0.15, -0.1) is 0 Å². The normalized spacial score (nSPS) is 28.4. The standard InChI is InChI=1S/C9H17NS/c1-3-10-4-2-8(1)5-9-6-11-7-9/h8-10H,1-7H2. The van der Waals surface area contributed by atoms with E-state index in [1.165, 1.54) is 43.9 Å². The Hall–Kier alpha value is 0.310. The van der Waals surface area contributed by atoms with Crippen LogP contribution in [0.25, 0.3) is 0 Å². The van der Waals surface area contributed by atoms with E-state index in [0.29, 0.717) is 0 Å². The molecule has 2 saturated heterocycles. The second kappa shape index (κ2) is 3.81. The molecule has 0 spiro atoms. The minimum atomic E-state index is 1.06. The molecule has 0 saturated carbocycles. The SMILES string of the molecule is C1CC(CC2CSC2)CCN1. The molecule has 0 atom stereocenters. The lowest BCUT2D eigenvalue weighted by molar-refractivity contribution is 0.317. The lowest BCUT2D eigenvalue weighted by Crippen LogP contribution is -2.31. The number of rotatable bonds is 2. The summed E-state index contributed by atoms with van der Waals surface area (Å²) in [4.78, 5) is 0. The van der Waals surface area contributed by atoms with Crippen molar-refractivity contribution in [3.63, 3.8) is 0 Å². The molecular weight excluding hydrogens is 154 g/mol. The van der Waals surface area contributed by atoms with Gasteiger partial charge in [0.15, 0.2) is 0 Å². The van der Waals surface area contributed by atoms with Crippen LogP contribution in [0.15, 0.2) is 0 Å². The zero-order chi connectivity index (χ0) is 7.52. The predicted octanol–water partition coefficient (Wildman–Crippen LogP) is 1.74. The van der Waals surface area contributed by atoms with Crippen molar-refractivity contribution in [1.29, 1.82) is 0 Å². The minimum Gasteiger partial charge on any atom is -0.317 e. The van der Waals surface area contributed by atoms with Crippen LogP contribution in [0.5, 0.6) is 0 Å². The van der Waals surface area contributed by atoms with Crippen LogP contribution in [0.3, 0.4) is 0 Å². The summed E-state index contributed by atoms with van der Waals surface area (Å²) in [5.74, 6) is 5.04. The van der Waals surface area contributed by atoms with Crippen LogP contribution in [0.1, 0.15) is 19.3 Å². The molecule has 0 aromatic carbocycles. The topological polar surface area (TPSA) is 12.0 Å². The Morgan fingerprint density at radius 3 is 2.36 bits per heavy atom. The van der Waals surface area contributed by atoms with Gasteiger partial charge in [0.2, 0.25) is 0 Å². The van der Waals surface area contributed by atoms with Gasteiger partial charge in [-0.3, -0.25) is 0 Å². The maximum absolute atomic E-state index is 3.42.